The number of nitrogens with zero attached hydrogens (tertiary/aromatic N) is 1. The van der Waals surface area contributed by atoms with Crippen molar-refractivity contribution < 1.29 is 13.2 Å². The highest BCUT2D eigenvalue weighted by Crippen LogP contribution is 2.16. The summed E-state index contributed by atoms with van der Waals surface area (Å²) in [5, 5.41) is 3.31. The van der Waals surface area contributed by atoms with Crippen molar-refractivity contribution in [1.82, 2.24) is 10.2 Å². The van der Waals surface area contributed by atoms with Gasteiger partial charge in [0, 0.05) is 19.1 Å². The molecular weight excluding hydrogens is 253 g/mol. The van der Waals surface area contributed by atoms with E-state index in [0.29, 0.717) is 25.7 Å². The average Bonchev–Trinajstić information content (AvgIpc) is 2.27. The molecule has 0 aromatic heterocycles. The first-order valence-corrected chi connectivity index (χ1v) is 7.41. The van der Waals surface area contributed by atoms with Crippen LogP contribution < -0.4 is 5.32 Å². The topological polar surface area (TPSA) is 15.3 Å². The van der Waals surface area contributed by atoms with Gasteiger partial charge in [0.2, 0.25) is 0 Å². The van der Waals surface area contributed by atoms with Gasteiger partial charge in [-0.1, -0.05) is 33.1 Å². The van der Waals surface area contributed by atoms with Gasteiger partial charge in [-0.15, -0.1) is 0 Å². The first-order chi connectivity index (χ1) is 8.89. The number of alkyl halides is 3. The van der Waals surface area contributed by atoms with Gasteiger partial charge in [0.15, 0.2) is 0 Å². The third-order valence-electron chi connectivity index (χ3n) is 3.10. The Labute approximate surface area is 115 Å². The Morgan fingerprint density at radius 1 is 1.05 bits per heavy atom. The van der Waals surface area contributed by atoms with Crippen LogP contribution in [0.4, 0.5) is 13.2 Å². The minimum atomic E-state index is -4.10. The van der Waals surface area contributed by atoms with Gasteiger partial charge in [0.1, 0.15) is 0 Å². The van der Waals surface area contributed by atoms with E-state index in [9.17, 15) is 13.2 Å². The normalized spacial score (nSPS) is 14.1. The van der Waals surface area contributed by atoms with E-state index in [2.05, 4.69) is 19.2 Å². The molecule has 0 fully saturated rings. The highest BCUT2D eigenvalue weighted by molar-refractivity contribution is 4.67. The second-order valence-electron chi connectivity index (χ2n) is 5.24. The molecule has 0 saturated heterocycles. The van der Waals surface area contributed by atoms with Crippen LogP contribution in [0.2, 0.25) is 0 Å². The van der Waals surface area contributed by atoms with Crippen molar-refractivity contribution in [2.75, 3.05) is 26.2 Å². The Kier molecular flexibility index (Phi) is 10.3. The highest BCUT2D eigenvalue weighted by Gasteiger charge is 2.30. The first-order valence-electron chi connectivity index (χ1n) is 7.41. The van der Waals surface area contributed by atoms with Crippen molar-refractivity contribution in [2.45, 2.75) is 65.1 Å². The number of rotatable bonds is 11. The number of unbranched alkanes of at least 4 members (excludes halogenated alkanes) is 2. The summed E-state index contributed by atoms with van der Waals surface area (Å²) in [6.45, 7) is 6.97. The maximum absolute atomic E-state index is 12.4. The van der Waals surface area contributed by atoms with E-state index in [0.717, 1.165) is 12.8 Å². The van der Waals surface area contributed by atoms with Gasteiger partial charge in [-0.3, -0.25) is 4.90 Å². The molecule has 0 aliphatic rings. The maximum atomic E-state index is 12.4. The molecule has 2 nitrogen and oxygen atoms in total. The first kappa shape index (κ1) is 18.7. The Morgan fingerprint density at radius 2 is 1.74 bits per heavy atom. The Morgan fingerprint density at radius 3 is 2.26 bits per heavy atom. The van der Waals surface area contributed by atoms with E-state index in [1.54, 1.807) is 0 Å². The van der Waals surface area contributed by atoms with Gasteiger partial charge in [0.25, 0.3) is 0 Å². The lowest BCUT2D eigenvalue weighted by Gasteiger charge is -2.24. The molecule has 0 bridgehead atoms. The molecule has 0 aromatic rings. The van der Waals surface area contributed by atoms with Gasteiger partial charge < -0.3 is 5.32 Å². The zero-order valence-electron chi connectivity index (χ0n) is 12.5. The zero-order chi connectivity index (χ0) is 14.7. The van der Waals surface area contributed by atoms with Gasteiger partial charge in [-0.25, -0.2) is 0 Å². The SMILES string of the molecule is CCCCCC(C)NCCN(CCC)CC(F)(F)F. The second-order valence-corrected chi connectivity index (χ2v) is 5.24. The van der Waals surface area contributed by atoms with E-state index >= 15 is 0 Å². The van der Waals surface area contributed by atoms with Gasteiger partial charge >= 0.3 is 6.18 Å². The fourth-order valence-corrected chi connectivity index (χ4v) is 2.11. The molecule has 0 amide bonds. The monoisotopic (exact) mass is 282 g/mol. The van der Waals surface area contributed by atoms with Crippen molar-refractivity contribution in [2.24, 2.45) is 0 Å². The fourth-order valence-electron chi connectivity index (χ4n) is 2.11. The Bertz CT molecular complexity index is 207. The predicted octanol–water partition coefficient (Wildman–Crippen LogP) is 3.82. The number of halogens is 3. The van der Waals surface area contributed by atoms with Crippen LogP contribution in [-0.4, -0.2) is 43.3 Å². The molecule has 5 heteroatoms. The third kappa shape index (κ3) is 12.5. The Hall–Kier alpha value is -0.290. The molecule has 0 saturated carbocycles. The van der Waals surface area contributed by atoms with Gasteiger partial charge in [0.05, 0.1) is 6.54 Å². The van der Waals surface area contributed by atoms with Crippen molar-refractivity contribution in [3.63, 3.8) is 0 Å². The summed E-state index contributed by atoms with van der Waals surface area (Å²) in [6, 6.07) is 0.390. The number of hydrogen-bond acceptors (Lipinski definition) is 2. The molecule has 0 heterocycles. The number of hydrogen-bond donors (Lipinski definition) is 1. The van der Waals surface area contributed by atoms with Crippen LogP contribution in [0, 0.1) is 0 Å². The average molecular weight is 282 g/mol. The molecule has 0 spiro atoms. The summed E-state index contributed by atoms with van der Waals surface area (Å²) in [5.41, 5.74) is 0. The predicted molar refractivity (Wildman–Crippen MR) is 74.4 cm³/mol. The zero-order valence-corrected chi connectivity index (χ0v) is 12.5. The molecule has 19 heavy (non-hydrogen) atoms. The Balaban J connectivity index is 3.79. The fraction of sp³-hybridized carbons (Fsp3) is 1.00. The molecule has 1 atom stereocenters. The molecule has 0 aliphatic heterocycles. The molecule has 1 N–H and O–H groups in total. The third-order valence-corrected chi connectivity index (χ3v) is 3.10. The molecule has 0 aliphatic carbocycles. The van der Waals surface area contributed by atoms with Crippen LogP contribution >= 0.6 is 0 Å². The lowest BCUT2D eigenvalue weighted by atomic mass is 10.1. The van der Waals surface area contributed by atoms with Crippen molar-refractivity contribution in [3.8, 4) is 0 Å². The molecule has 116 valence electrons. The minimum absolute atomic E-state index is 0.390. The summed E-state index contributed by atoms with van der Waals surface area (Å²) in [4.78, 5) is 1.48. The van der Waals surface area contributed by atoms with Gasteiger partial charge in [-0.05, 0) is 26.3 Å². The quantitative estimate of drug-likeness (QED) is 0.580. The molecule has 0 rings (SSSR count). The highest BCUT2D eigenvalue weighted by atomic mass is 19.4. The molecule has 0 radical (unpaired) electrons. The molecule has 1 unspecified atom stereocenters. The van der Waals surface area contributed by atoms with E-state index < -0.39 is 12.7 Å². The lowest BCUT2D eigenvalue weighted by molar-refractivity contribution is -0.145. The van der Waals surface area contributed by atoms with Crippen molar-refractivity contribution >= 4 is 0 Å². The van der Waals surface area contributed by atoms with E-state index in [4.69, 9.17) is 0 Å². The van der Waals surface area contributed by atoms with E-state index in [1.807, 2.05) is 6.92 Å². The van der Waals surface area contributed by atoms with E-state index in [-0.39, 0.29) is 0 Å². The second kappa shape index (κ2) is 10.5. The summed E-state index contributed by atoms with van der Waals surface area (Å²) in [6.07, 6.45) is 1.36. The largest absolute Gasteiger partial charge is 0.401 e. The molecular formula is C14H29F3N2. The summed E-state index contributed by atoms with van der Waals surface area (Å²) in [7, 11) is 0. The smallest absolute Gasteiger partial charge is 0.313 e. The standard InChI is InChI=1S/C14H29F3N2/c1-4-6-7-8-13(3)18-9-11-19(10-5-2)12-14(15,16)17/h13,18H,4-12H2,1-3H3. The minimum Gasteiger partial charge on any atom is -0.313 e. The summed E-state index contributed by atoms with van der Waals surface area (Å²) in [5.74, 6) is 0. The van der Waals surface area contributed by atoms with Crippen LogP contribution in [0.3, 0.4) is 0 Å². The number of nitrogens with one attached hydrogen (secondary N) is 1. The van der Waals surface area contributed by atoms with Crippen LogP contribution in [0.5, 0.6) is 0 Å². The van der Waals surface area contributed by atoms with Gasteiger partial charge in [-0.2, -0.15) is 13.2 Å². The van der Waals surface area contributed by atoms with Crippen molar-refractivity contribution in [3.05, 3.63) is 0 Å². The van der Waals surface area contributed by atoms with Crippen LogP contribution in [-0.2, 0) is 0 Å². The van der Waals surface area contributed by atoms with Crippen LogP contribution in [0.25, 0.3) is 0 Å². The molecule has 0 aromatic carbocycles. The maximum Gasteiger partial charge on any atom is 0.401 e. The van der Waals surface area contributed by atoms with Crippen LogP contribution in [0.15, 0.2) is 0 Å². The summed E-state index contributed by atoms with van der Waals surface area (Å²) >= 11 is 0. The van der Waals surface area contributed by atoms with Crippen LogP contribution in [0.1, 0.15) is 52.9 Å². The van der Waals surface area contributed by atoms with E-state index in [1.165, 1.54) is 24.2 Å². The van der Waals surface area contributed by atoms with Crippen molar-refractivity contribution in [1.29, 1.82) is 0 Å². The lowest BCUT2D eigenvalue weighted by Crippen LogP contribution is -2.40. The summed E-state index contributed by atoms with van der Waals surface area (Å²) < 4.78 is 37.1.